The van der Waals surface area contributed by atoms with Gasteiger partial charge in [0, 0.05) is 19.8 Å². The number of H-pyrrole nitrogens is 1. The topological polar surface area (TPSA) is 97.6 Å². The number of aromatic amines is 1. The van der Waals surface area contributed by atoms with E-state index in [9.17, 15) is 0 Å². The summed E-state index contributed by atoms with van der Waals surface area (Å²) in [6.45, 7) is 4.37. The number of tetrazole rings is 1. The van der Waals surface area contributed by atoms with Crippen molar-refractivity contribution in [1.82, 2.24) is 40.3 Å². The minimum Gasteiger partial charge on any atom is -0.381 e. The Hall–Kier alpha value is -1.87. The third kappa shape index (κ3) is 3.46. The van der Waals surface area contributed by atoms with Gasteiger partial charge in [-0.3, -0.25) is 10.00 Å². The van der Waals surface area contributed by atoms with E-state index in [2.05, 4.69) is 35.6 Å². The number of aromatic nitrogens is 7. The zero-order valence-electron chi connectivity index (χ0n) is 13.8. The predicted molar refractivity (Wildman–Crippen MR) is 84.7 cm³/mol. The summed E-state index contributed by atoms with van der Waals surface area (Å²) in [6.07, 6.45) is 7.27. The highest BCUT2D eigenvalue weighted by Gasteiger charge is 2.28. The van der Waals surface area contributed by atoms with Crippen molar-refractivity contribution in [2.45, 2.75) is 51.2 Å². The van der Waals surface area contributed by atoms with Crippen LogP contribution < -0.4 is 0 Å². The first kappa shape index (κ1) is 15.6. The monoisotopic (exact) mass is 332 g/mol. The van der Waals surface area contributed by atoms with Crippen LogP contribution in [0.1, 0.15) is 49.8 Å². The van der Waals surface area contributed by atoms with Crippen molar-refractivity contribution in [3.8, 4) is 0 Å². The van der Waals surface area contributed by atoms with Crippen molar-refractivity contribution in [2.75, 3.05) is 19.8 Å². The highest BCUT2D eigenvalue weighted by molar-refractivity contribution is 4.96. The van der Waals surface area contributed by atoms with E-state index >= 15 is 0 Å². The first-order chi connectivity index (χ1) is 11.9. The molecule has 0 amide bonds. The minimum atomic E-state index is 0.273. The van der Waals surface area contributed by atoms with Crippen LogP contribution in [0.4, 0.5) is 0 Å². The minimum absolute atomic E-state index is 0.273. The lowest BCUT2D eigenvalue weighted by Crippen LogP contribution is -2.35. The number of hydrogen-bond donors (Lipinski definition) is 1. The maximum atomic E-state index is 5.44. The van der Waals surface area contributed by atoms with Gasteiger partial charge in [-0.05, 0) is 48.6 Å². The molecule has 2 saturated heterocycles. The molecule has 2 aliphatic heterocycles. The predicted octanol–water partition coefficient (Wildman–Crippen LogP) is 0.945. The molecule has 9 heteroatoms. The van der Waals surface area contributed by atoms with Crippen LogP contribution in [-0.4, -0.2) is 60.0 Å². The molecule has 4 heterocycles. The van der Waals surface area contributed by atoms with E-state index < -0.39 is 0 Å². The van der Waals surface area contributed by atoms with Gasteiger partial charge in [-0.1, -0.05) is 6.42 Å². The molecule has 1 atom stereocenters. The van der Waals surface area contributed by atoms with Gasteiger partial charge in [0.1, 0.15) is 12.2 Å². The summed E-state index contributed by atoms with van der Waals surface area (Å²) in [6, 6.07) is 0.273. The van der Waals surface area contributed by atoms with Crippen LogP contribution >= 0.6 is 0 Å². The third-order valence-corrected chi connectivity index (χ3v) is 5.09. The molecule has 0 bridgehead atoms. The lowest BCUT2D eigenvalue weighted by Gasteiger charge is -2.33. The SMILES string of the molecule is c1n[nH]c(C2CCCCN2Cc2nnnn2CC2CCOCC2)n1. The van der Waals surface area contributed by atoms with Gasteiger partial charge >= 0.3 is 0 Å². The molecule has 2 aromatic rings. The number of ether oxygens (including phenoxy) is 1. The summed E-state index contributed by atoms with van der Waals surface area (Å²) in [5, 5.41) is 19.4. The van der Waals surface area contributed by atoms with Crippen molar-refractivity contribution >= 4 is 0 Å². The van der Waals surface area contributed by atoms with Gasteiger partial charge in [0.2, 0.25) is 0 Å². The molecular weight excluding hydrogens is 308 g/mol. The van der Waals surface area contributed by atoms with Crippen LogP contribution in [0, 0.1) is 5.92 Å². The van der Waals surface area contributed by atoms with Gasteiger partial charge in [-0.25, -0.2) is 9.67 Å². The smallest absolute Gasteiger partial charge is 0.165 e. The molecule has 0 aliphatic carbocycles. The van der Waals surface area contributed by atoms with Crippen molar-refractivity contribution in [2.24, 2.45) is 5.92 Å². The van der Waals surface area contributed by atoms with Gasteiger partial charge in [0.15, 0.2) is 5.82 Å². The van der Waals surface area contributed by atoms with E-state index in [0.29, 0.717) is 5.92 Å². The lowest BCUT2D eigenvalue weighted by atomic mass is 10.0. The molecule has 0 spiro atoms. The van der Waals surface area contributed by atoms with E-state index in [1.54, 1.807) is 6.33 Å². The fraction of sp³-hybridized carbons (Fsp3) is 0.800. The molecule has 1 unspecified atom stereocenters. The van der Waals surface area contributed by atoms with E-state index in [1.807, 2.05) is 4.68 Å². The van der Waals surface area contributed by atoms with Crippen LogP contribution in [0.2, 0.25) is 0 Å². The molecule has 0 radical (unpaired) electrons. The average molecular weight is 332 g/mol. The van der Waals surface area contributed by atoms with Crippen molar-refractivity contribution in [3.63, 3.8) is 0 Å². The molecule has 9 nitrogen and oxygen atoms in total. The van der Waals surface area contributed by atoms with E-state index in [0.717, 1.165) is 63.8 Å². The Bertz CT molecular complexity index is 621. The Morgan fingerprint density at radius 1 is 1.21 bits per heavy atom. The van der Waals surface area contributed by atoms with Gasteiger partial charge in [-0.15, -0.1) is 5.10 Å². The Morgan fingerprint density at radius 2 is 2.12 bits per heavy atom. The summed E-state index contributed by atoms with van der Waals surface area (Å²) in [5.41, 5.74) is 0. The molecule has 1 N–H and O–H groups in total. The van der Waals surface area contributed by atoms with Crippen LogP contribution in [0.5, 0.6) is 0 Å². The fourth-order valence-electron chi connectivity index (χ4n) is 3.70. The maximum absolute atomic E-state index is 5.44. The second-order valence-corrected chi connectivity index (χ2v) is 6.69. The Labute approximate surface area is 140 Å². The van der Waals surface area contributed by atoms with Gasteiger partial charge in [0.05, 0.1) is 12.6 Å². The standard InChI is InChI=1S/C15H24N8O/c1-2-6-22(13(3-1)15-16-11-17-19-15)10-14-18-20-21-23(14)9-12-4-7-24-8-5-12/h11-13H,1-10H2,(H,16,17,19). The zero-order valence-corrected chi connectivity index (χ0v) is 13.8. The van der Waals surface area contributed by atoms with E-state index in [-0.39, 0.29) is 6.04 Å². The van der Waals surface area contributed by atoms with Crippen LogP contribution in [0.25, 0.3) is 0 Å². The highest BCUT2D eigenvalue weighted by Crippen LogP contribution is 2.29. The number of nitrogens with one attached hydrogen (secondary N) is 1. The quantitative estimate of drug-likeness (QED) is 0.870. The van der Waals surface area contributed by atoms with Crippen LogP contribution in [-0.2, 0) is 17.8 Å². The summed E-state index contributed by atoms with van der Waals surface area (Å²) in [4.78, 5) is 6.77. The summed E-state index contributed by atoms with van der Waals surface area (Å²) in [7, 11) is 0. The molecule has 0 aromatic carbocycles. The number of likely N-dealkylation sites (tertiary alicyclic amines) is 1. The molecule has 2 aromatic heterocycles. The van der Waals surface area contributed by atoms with E-state index in [4.69, 9.17) is 4.74 Å². The van der Waals surface area contributed by atoms with Crippen molar-refractivity contribution in [3.05, 3.63) is 18.0 Å². The third-order valence-electron chi connectivity index (χ3n) is 5.09. The molecule has 130 valence electrons. The molecular formula is C15H24N8O. The first-order valence-electron chi connectivity index (χ1n) is 8.82. The Morgan fingerprint density at radius 3 is 2.96 bits per heavy atom. The summed E-state index contributed by atoms with van der Waals surface area (Å²) >= 11 is 0. The second kappa shape index (κ2) is 7.35. The molecule has 24 heavy (non-hydrogen) atoms. The van der Waals surface area contributed by atoms with Crippen molar-refractivity contribution in [1.29, 1.82) is 0 Å². The Balaban J connectivity index is 1.45. The molecule has 2 aliphatic rings. The van der Waals surface area contributed by atoms with Crippen LogP contribution in [0.3, 0.4) is 0 Å². The fourth-order valence-corrected chi connectivity index (χ4v) is 3.70. The number of nitrogens with zero attached hydrogens (tertiary/aromatic N) is 7. The maximum Gasteiger partial charge on any atom is 0.165 e. The lowest BCUT2D eigenvalue weighted by molar-refractivity contribution is 0.0589. The van der Waals surface area contributed by atoms with Crippen molar-refractivity contribution < 1.29 is 4.74 Å². The van der Waals surface area contributed by atoms with Gasteiger partial charge in [-0.2, -0.15) is 5.10 Å². The number of piperidine rings is 1. The molecule has 2 fully saturated rings. The second-order valence-electron chi connectivity index (χ2n) is 6.69. The molecule has 0 saturated carbocycles. The van der Waals surface area contributed by atoms with Gasteiger partial charge < -0.3 is 4.74 Å². The normalized spacial score (nSPS) is 23.6. The Kier molecular flexibility index (Phi) is 4.79. The van der Waals surface area contributed by atoms with Gasteiger partial charge in [0.25, 0.3) is 0 Å². The molecule has 4 rings (SSSR count). The summed E-state index contributed by atoms with van der Waals surface area (Å²) < 4.78 is 7.41. The zero-order chi connectivity index (χ0) is 16.2. The number of hydrogen-bond acceptors (Lipinski definition) is 7. The average Bonchev–Trinajstić information content (AvgIpc) is 3.29. The summed E-state index contributed by atoms with van der Waals surface area (Å²) in [5.74, 6) is 2.48. The first-order valence-corrected chi connectivity index (χ1v) is 8.82. The van der Waals surface area contributed by atoms with E-state index in [1.165, 1.54) is 12.8 Å². The van der Waals surface area contributed by atoms with Crippen LogP contribution in [0.15, 0.2) is 6.33 Å². The highest BCUT2D eigenvalue weighted by atomic mass is 16.5. The number of rotatable bonds is 5. The largest absolute Gasteiger partial charge is 0.381 e.